The van der Waals surface area contributed by atoms with Crippen LogP contribution in [-0.2, 0) is 4.79 Å². The van der Waals surface area contributed by atoms with Crippen LogP contribution in [0, 0.1) is 13.8 Å². The van der Waals surface area contributed by atoms with Gasteiger partial charge in [-0.1, -0.05) is 17.7 Å². The molecule has 1 aromatic rings. The summed E-state index contributed by atoms with van der Waals surface area (Å²) in [6.45, 7) is 4.01. The predicted molar refractivity (Wildman–Crippen MR) is 65.0 cm³/mol. The Kier molecular flexibility index (Phi) is 4.15. The smallest absolute Gasteiger partial charge is 0.322 e. The molecule has 88 valence electrons. The van der Waals surface area contributed by atoms with E-state index in [4.69, 9.17) is 22.4 Å². The molecule has 0 saturated heterocycles. The molecule has 0 radical (unpaired) electrons. The van der Waals surface area contributed by atoms with Crippen LogP contribution in [0.4, 0.5) is 5.69 Å². The third-order valence-electron chi connectivity index (χ3n) is 2.25. The summed E-state index contributed by atoms with van der Waals surface area (Å²) >= 11 is 6.05. The van der Waals surface area contributed by atoms with E-state index in [0.29, 0.717) is 5.02 Å². The van der Waals surface area contributed by atoms with Crippen LogP contribution >= 0.6 is 11.6 Å². The predicted octanol–water partition coefficient (Wildman–Crippen LogP) is 1.78. The largest absolute Gasteiger partial charge is 0.480 e. The number of carboxylic acid groups (broad SMARTS) is 1. The zero-order valence-corrected chi connectivity index (χ0v) is 10.0. The molecule has 0 amide bonds. The minimum atomic E-state index is -1.03. The van der Waals surface area contributed by atoms with E-state index in [1.54, 1.807) is 0 Å². The van der Waals surface area contributed by atoms with Crippen molar-refractivity contribution in [2.24, 2.45) is 5.73 Å². The van der Waals surface area contributed by atoms with E-state index < -0.39 is 12.0 Å². The molecule has 1 unspecified atom stereocenters. The van der Waals surface area contributed by atoms with E-state index in [-0.39, 0.29) is 6.54 Å². The fraction of sp³-hybridized carbons (Fsp3) is 0.364. The normalized spacial score (nSPS) is 12.2. The van der Waals surface area contributed by atoms with E-state index in [9.17, 15) is 4.79 Å². The second kappa shape index (κ2) is 5.18. The molecule has 1 rings (SSSR count). The van der Waals surface area contributed by atoms with Gasteiger partial charge in [-0.2, -0.15) is 0 Å². The van der Waals surface area contributed by atoms with Gasteiger partial charge in [-0.3, -0.25) is 4.79 Å². The average Bonchev–Trinajstić information content (AvgIpc) is 2.15. The quantitative estimate of drug-likeness (QED) is 0.752. The summed E-state index contributed by atoms with van der Waals surface area (Å²) in [7, 11) is 0. The number of benzene rings is 1. The van der Waals surface area contributed by atoms with Gasteiger partial charge in [0.25, 0.3) is 0 Å². The number of anilines is 1. The second-order valence-electron chi connectivity index (χ2n) is 3.76. The van der Waals surface area contributed by atoms with E-state index in [1.165, 1.54) is 0 Å². The van der Waals surface area contributed by atoms with Crippen molar-refractivity contribution in [2.45, 2.75) is 19.9 Å². The summed E-state index contributed by atoms with van der Waals surface area (Å²) in [4.78, 5) is 10.5. The number of rotatable bonds is 4. The maximum absolute atomic E-state index is 10.5. The molecule has 4 nitrogen and oxygen atoms in total. The molecule has 1 atom stereocenters. The molecule has 0 aromatic heterocycles. The maximum Gasteiger partial charge on any atom is 0.322 e. The molecule has 16 heavy (non-hydrogen) atoms. The van der Waals surface area contributed by atoms with Gasteiger partial charge in [-0.15, -0.1) is 0 Å². The third kappa shape index (κ3) is 3.12. The van der Waals surface area contributed by atoms with Crippen LogP contribution in [0.1, 0.15) is 11.1 Å². The fourth-order valence-electron chi connectivity index (χ4n) is 1.44. The first-order valence-electron chi connectivity index (χ1n) is 4.91. The summed E-state index contributed by atoms with van der Waals surface area (Å²) in [6.07, 6.45) is 0. The van der Waals surface area contributed by atoms with Crippen molar-refractivity contribution in [1.29, 1.82) is 0 Å². The Balaban J connectivity index is 2.78. The standard InChI is InChI=1S/C11H15ClN2O2/c1-6-3-7(2)10(8(12)4-6)14-5-9(13)11(15)16/h3-4,9,14H,5,13H2,1-2H3,(H,15,16). The van der Waals surface area contributed by atoms with Crippen molar-refractivity contribution in [3.8, 4) is 0 Å². The van der Waals surface area contributed by atoms with Gasteiger partial charge in [-0.25, -0.2) is 0 Å². The Labute approximate surface area is 99.4 Å². The van der Waals surface area contributed by atoms with Crippen molar-refractivity contribution < 1.29 is 9.90 Å². The molecule has 0 aliphatic heterocycles. The summed E-state index contributed by atoms with van der Waals surface area (Å²) in [5, 5.41) is 12.2. The lowest BCUT2D eigenvalue weighted by Crippen LogP contribution is -2.37. The molecule has 1 aromatic carbocycles. The molecule has 0 aliphatic rings. The molecule has 4 N–H and O–H groups in total. The van der Waals surface area contributed by atoms with Gasteiger partial charge in [0.2, 0.25) is 0 Å². The van der Waals surface area contributed by atoms with Gasteiger partial charge in [0.15, 0.2) is 0 Å². The molecular formula is C11H15ClN2O2. The highest BCUT2D eigenvalue weighted by Crippen LogP contribution is 2.27. The maximum atomic E-state index is 10.5. The minimum Gasteiger partial charge on any atom is -0.480 e. The fourth-order valence-corrected chi connectivity index (χ4v) is 1.83. The number of aryl methyl sites for hydroxylation is 2. The first-order chi connectivity index (χ1) is 7.41. The molecule has 0 aliphatic carbocycles. The molecule has 0 heterocycles. The Bertz CT molecular complexity index is 384. The molecule has 0 fully saturated rings. The van der Waals surface area contributed by atoms with Gasteiger partial charge < -0.3 is 16.2 Å². The van der Waals surface area contributed by atoms with Gasteiger partial charge >= 0.3 is 5.97 Å². The van der Waals surface area contributed by atoms with E-state index >= 15 is 0 Å². The van der Waals surface area contributed by atoms with E-state index in [1.807, 2.05) is 26.0 Å². The van der Waals surface area contributed by atoms with Crippen molar-refractivity contribution >= 4 is 23.3 Å². The number of aliphatic carboxylic acids is 1. The third-order valence-corrected chi connectivity index (χ3v) is 2.55. The minimum absolute atomic E-state index is 0.152. The molecule has 0 saturated carbocycles. The molecular weight excluding hydrogens is 228 g/mol. The summed E-state index contributed by atoms with van der Waals surface area (Å²) < 4.78 is 0. The zero-order chi connectivity index (χ0) is 12.3. The summed E-state index contributed by atoms with van der Waals surface area (Å²) in [5.74, 6) is -1.03. The van der Waals surface area contributed by atoms with Crippen LogP contribution in [-0.4, -0.2) is 23.7 Å². The second-order valence-corrected chi connectivity index (χ2v) is 4.17. The molecule has 5 heteroatoms. The topological polar surface area (TPSA) is 75.3 Å². The van der Waals surface area contributed by atoms with Crippen LogP contribution in [0.3, 0.4) is 0 Å². The van der Waals surface area contributed by atoms with Crippen LogP contribution in [0.5, 0.6) is 0 Å². The average molecular weight is 243 g/mol. The monoisotopic (exact) mass is 242 g/mol. The van der Waals surface area contributed by atoms with Gasteiger partial charge in [0.05, 0.1) is 10.7 Å². The lowest BCUT2D eigenvalue weighted by atomic mass is 10.1. The summed E-state index contributed by atoms with van der Waals surface area (Å²) in [5.41, 5.74) is 8.17. The van der Waals surface area contributed by atoms with Crippen LogP contribution in [0.25, 0.3) is 0 Å². The number of nitrogens with two attached hydrogens (primary N) is 1. The number of halogens is 1. The van der Waals surface area contributed by atoms with E-state index in [0.717, 1.165) is 16.8 Å². The summed E-state index contributed by atoms with van der Waals surface area (Å²) in [6, 6.07) is 2.86. The van der Waals surface area contributed by atoms with Crippen LogP contribution in [0.15, 0.2) is 12.1 Å². The SMILES string of the molecule is Cc1cc(C)c(NCC(N)C(=O)O)c(Cl)c1. The van der Waals surface area contributed by atoms with Crippen LogP contribution in [0.2, 0.25) is 5.02 Å². The number of hydrogen-bond acceptors (Lipinski definition) is 3. The van der Waals surface area contributed by atoms with Crippen molar-refractivity contribution in [1.82, 2.24) is 0 Å². The number of hydrogen-bond donors (Lipinski definition) is 3. The lowest BCUT2D eigenvalue weighted by Gasteiger charge is -2.14. The first kappa shape index (κ1) is 12.8. The number of carbonyl (C=O) groups is 1. The Morgan fingerprint density at radius 3 is 2.69 bits per heavy atom. The van der Waals surface area contributed by atoms with Gasteiger partial charge in [0.1, 0.15) is 6.04 Å². The Hall–Kier alpha value is -1.26. The highest BCUT2D eigenvalue weighted by molar-refractivity contribution is 6.33. The number of carboxylic acids is 1. The van der Waals surface area contributed by atoms with Gasteiger partial charge in [0, 0.05) is 6.54 Å². The van der Waals surface area contributed by atoms with Crippen LogP contribution < -0.4 is 11.1 Å². The van der Waals surface area contributed by atoms with E-state index in [2.05, 4.69) is 5.32 Å². The molecule has 0 bridgehead atoms. The van der Waals surface area contributed by atoms with Crippen molar-refractivity contribution in [3.05, 3.63) is 28.3 Å². The Morgan fingerprint density at radius 1 is 1.56 bits per heavy atom. The lowest BCUT2D eigenvalue weighted by molar-refractivity contribution is -0.138. The van der Waals surface area contributed by atoms with Crippen molar-refractivity contribution in [3.63, 3.8) is 0 Å². The van der Waals surface area contributed by atoms with Crippen molar-refractivity contribution in [2.75, 3.05) is 11.9 Å². The highest BCUT2D eigenvalue weighted by Gasteiger charge is 2.12. The van der Waals surface area contributed by atoms with Gasteiger partial charge in [-0.05, 0) is 31.0 Å². The molecule has 0 spiro atoms. The Morgan fingerprint density at radius 2 is 2.19 bits per heavy atom. The number of nitrogens with one attached hydrogen (secondary N) is 1. The highest BCUT2D eigenvalue weighted by atomic mass is 35.5. The zero-order valence-electron chi connectivity index (χ0n) is 9.25. The first-order valence-corrected chi connectivity index (χ1v) is 5.28.